The Kier molecular flexibility index (Phi) is 3.17. The molecule has 0 fully saturated rings. The normalized spacial score (nSPS) is 10.6. The van der Waals surface area contributed by atoms with Gasteiger partial charge >= 0.3 is 0 Å². The first-order chi connectivity index (χ1) is 9.24. The first-order valence-electron chi connectivity index (χ1n) is 5.96. The zero-order valence-electron chi connectivity index (χ0n) is 10.4. The Morgan fingerprint density at radius 3 is 2.42 bits per heavy atom. The molecule has 1 heterocycles. The van der Waals surface area contributed by atoms with Crippen LogP contribution in [0, 0.1) is 0 Å². The van der Waals surface area contributed by atoms with E-state index in [0.717, 1.165) is 27.2 Å². The summed E-state index contributed by atoms with van der Waals surface area (Å²) in [6, 6.07) is 18.1. The molecule has 0 radical (unpaired) electrons. The number of halogens is 1. The summed E-state index contributed by atoms with van der Waals surface area (Å²) in [5.74, 6) is 1.61. The lowest BCUT2D eigenvalue weighted by Crippen LogP contribution is -1.93. The van der Waals surface area contributed by atoms with Gasteiger partial charge in [-0.15, -0.1) is 0 Å². The summed E-state index contributed by atoms with van der Waals surface area (Å²) >= 11 is 3.47. The standard InChI is InChI=1S/C15H12BrN3/c1-19-15(11-6-3-2-4-7-11)17-14(18-19)12-8-5-9-13(16)10-12/h2-10H,1H3. The van der Waals surface area contributed by atoms with E-state index in [-0.39, 0.29) is 0 Å². The average Bonchev–Trinajstić information content (AvgIpc) is 2.82. The lowest BCUT2D eigenvalue weighted by atomic mass is 10.2. The van der Waals surface area contributed by atoms with Gasteiger partial charge < -0.3 is 0 Å². The number of nitrogens with zero attached hydrogens (tertiary/aromatic N) is 3. The van der Waals surface area contributed by atoms with E-state index in [9.17, 15) is 0 Å². The van der Waals surface area contributed by atoms with Crippen LogP contribution >= 0.6 is 15.9 Å². The second-order valence-electron chi connectivity index (χ2n) is 4.26. The second kappa shape index (κ2) is 4.97. The molecule has 2 aromatic carbocycles. The van der Waals surface area contributed by atoms with Crippen molar-refractivity contribution in [1.82, 2.24) is 14.8 Å². The first-order valence-corrected chi connectivity index (χ1v) is 6.76. The summed E-state index contributed by atoms with van der Waals surface area (Å²) < 4.78 is 2.84. The van der Waals surface area contributed by atoms with Crippen molar-refractivity contribution < 1.29 is 0 Å². The third-order valence-electron chi connectivity index (χ3n) is 2.88. The lowest BCUT2D eigenvalue weighted by Gasteiger charge is -1.97. The molecule has 1 aromatic heterocycles. The van der Waals surface area contributed by atoms with E-state index in [4.69, 9.17) is 0 Å². The van der Waals surface area contributed by atoms with Crippen molar-refractivity contribution in [3.8, 4) is 22.8 Å². The Labute approximate surface area is 120 Å². The van der Waals surface area contributed by atoms with E-state index in [2.05, 4.69) is 26.0 Å². The molecule has 3 rings (SSSR count). The van der Waals surface area contributed by atoms with Gasteiger partial charge in [0.1, 0.15) is 0 Å². The largest absolute Gasteiger partial charge is 0.248 e. The molecule has 0 unspecified atom stereocenters. The van der Waals surface area contributed by atoms with Gasteiger partial charge in [0.15, 0.2) is 11.6 Å². The molecule has 0 aliphatic heterocycles. The number of benzene rings is 2. The van der Waals surface area contributed by atoms with Crippen LogP contribution in [0.15, 0.2) is 59.1 Å². The predicted octanol–water partition coefficient (Wildman–Crippen LogP) is 3.91. The van der Waals surface area contributed by atoms with Gasteiger partial charge in [0.2, 0.25) is 0 Å². The van der Waals surface area contributed by atoms with Crippen LogP contribution in [0.5, 0.6) is 0 Å². The molecule has 3 nitrogen and oxygen atoms in total. The molecule has 0 aliphatic rings. The van der Waals surface area contributed by atoms with E-state index < -0.39 is 0 Å². The Bertz CT molecular complexity index is 704. The smallest absolute Gasteiger partial charge is 0.181 e. The highest BCUT2D eigenvalue weighted by molar-refractivity contribution is 9.10. The Morgan fingerprint density at radius 1 is 0.947 bits per heavy atom. The van der Waals surface area contributed by atoms with Crippen LogP contribution in [0.4, 0.5) is 0 Å². The summed E-state index contributed by atoms with van der Waals surface area (Å²) in [6.07, 6.45) is 0. The molecule has 94 valence electrons. The highest BCUT2D eigenvalue weighted by Crippen LogP contribution is 2.23. The number of aromatic nitrogens is 3. The van der Waals surface area contributed by atoms with Crippen LogP contribution in [-0.4, -0.2) is 14.8 Å². The molecular weight excluding hydrogens is 302 g/mol. The molecule has 0 aliphatic carbocycles. The van der Waals surface area contributed by atoms with Crippen LogP contribution in [0.25, 0.3) is 22.8 Å². The third-order valence-corrected chi connectivity index (χ3v) is 3.37. The van der Waals surface area contributed by atoms with Gasteiger partial charge in [0, 0.05) is 22.6 Å². The SMILES string of the molecule is Cn1nc(-c2cccc(Br)c2)nc1-c1ccccc1. The topological polar surface area (TPSA) is 30.7 Å². The van der Waals surface area contributed by atoms with Gasteiger partial charge in [-0.2, -0.15) is 5.10 Å². The predicted molar refractivity (Wildman–Crippen MR) is 79.6 cm³/mol. The number of hydrogen-bond donors (Lipinski definition) is 0. The maximum absolute atomic E-state index is 4.62. The van der Waals surface area contributed by atoms with Crippen molar-refractivity contribution in [1.29, 1.82) is 0 Å². The van der Waals surface area contributed by atoms with E-state index in [1.165, 1.54) is 0 Å². The zero-order valence-corrected chi connectivity index (χ0v) is 12.0. The van der Waals surface area contributed by atoms with E-state index in [1.807, 2.05) is 66.3 Å². The van der Waals surface area contributed by atoms with E-state index in [1.54, 1.807) is 0 Å². The Hall–Kier alpha value is -1.94. The van der Waals surface area contributed by atoms with E-state index in [0.29, 0.717) is 0 Å². The average molecular weight is 314 g/mol. The van der Waals surface area contributed by atoms with Crippen molar-refractivity contribution >= 4 is 15.9 Å². The van der Waals surface area contributed by atoms with Gasteiger partial charge in [-0.25, -0.2) is 9.67 Å². The fourth-order valence-corrected chi connectivity index (χ4v) is 2.37. The molecule has 0 amide bonds. The molecule has 0 saturated heterocycles. The summed E-state index contributed by atoms with van der Waals surface area (Å²) in [5.41, 5.74) is 2.07. The van der Waals surface area contributed by atoms with Gasteiger partial charge in [-0.3, -0.25) is 0 Å². The summed E-state index contributed by atoms with van der Waals surface area (Å²) in [7, 11) is 1.91. The fourth-order valence-electron chi connectivity index (χ4n) is 1.97. The highest BCUT2D eigenvalue weighted by atomic mass is 79.9. The van der Waals surface area contributed by atoms with Crippen molar-refractivity contribution in [3.63, 3.8) is 0 Å². The fraction of sp³-hybridized carbons (Fsp3) is 0.0667. The molecule has 0 atom stereocenters. The minimum absolute atomic E-state index is 0.739. The van der Waals surface area contributed by atoms with Crippen molar-refractivity contribution in [3.05, 3.63) is 59.1 Å². The lowest BCUT2D eigenvalue weighted by molar-refractivity contribution is 0.777. The van der Waals surface area contributed by atoms with Crippen molar-refractivity contribution in [2.45, 2.75) is 0 Å². The maximum Gasteiger partial charge on any atom is 0.181 e. The monoisotopic (exact) mass is 313 g/mol. The van der Waals surface area contributed by atoms with Crippen molar-refractivity contribution in [2.75, 3.05) is 0 Å². The quantitative estimate of drug-likeness (QED) is 0.718. The van der Waals surface area contributed by atoms with Gasteiger partial charge in [0.25, 0.3) is 0 Å². The van der Waals surface area contributed by atoms with Gasteiger partial charge in [0.05, 0.1) is 0 Å². The summed E-state index contributed by atoms with van der Waals surface area (Å²) in [4.78, 5) is 4.62. The Balaban J connectivity index is 2.07. The van der Waals surface area contributed by atoms with Crippen LogP contribution < -0.4 is 0 Å². The summed E-state index contributed by atoms with van der Waals surface area (Å²) in [5, 5.41) is 4.48. The van der Waals surface area contributed by atoms with Crippen molar-refractivity contribution in [2.24, 2.45) is 7.05 Å². The maximum atomic E-state index is 4.62. The minimum atomic E-state index is 0.739. The molecule has 0 saturated carbocycles. The summed E-state index contributed by atoms with van der Waals surface area (Å²) in [6.45, 7) is 0. The first kappa shape index (κ1) is 12.1. The van der Waals surface area contributed by atoms with Crippen LogP contribution in [0.3, 0.4) is 0 Å². The van der Waals surface area contributed by atoms with Gasteiger partial charge in [-0.1, -0.05) is 58.4 Å². The zero-order chi connectivity index (χ0) is 13.2. The number of rotatable bonds is 2. The third kappa shape index (κ3) is 2.44. The molecular formula is C15H12BrN3. The Morgan fingerprint density at radius 2 is 1.68 bits per heavy atom. The van der Waals surface area contributed by atoms with Gasteiger partial charge in [-0.05, 0) is 12.1 Å². The number of aryl methyl sites for hydroxylation is 1. The van der Waals surface area contributed by atoms with Crippen LogP contribution in [-0.2, 0) is 7.05 Å². The molecule has 0 bridgehead atoms. The van der Waals surface area contributed by atoms with E-state index >= 15 is 0 Å². The number of hydrogen-bond acceptors (Lipinski definition) is 2. The van der Waals surface area contributed by atoms with Crippen LogP contribution in [0.1, 0.15) is 0 Å². The second-order valence-corrected chi connectivity index (χ2v) is 5.17. The molecule has 19 heavy (non-hydrogen) atoms. The molecule has 3 aromatic rings. The molecule has 0 N–H and O–H groups in total. The van der Waals surface area contributed by atoms with Crippen LogP contribution in [0.2, 0.25) is 0 Å². The molecule has 4 heteroatoms. The molecule has 0 spiro atoms. The minimum Gasteiger partial charge on any atom is -0.248 e. The highest BCUT2D eigenvalue weighted by Gasteiger charge is 2.10.